The molecule has 0 spiro atoms. The first-order chi connectivity index (χ1) is 15.5. The average molecular weight is 487 g/mol. The summed E-state index contributed by atoms with van der Waals surface area (Å²) in [5.74, 6) is 0.356. The van der Waals surface area contributed by atoms with E-state index in [1.54, 1.807) is 13.3 Å². The second kappa shape index (κ2) is 9.56. The lowest BCUT2D eigenvalue weighted by atomic mass is 10.2. The Kier molecular flexibility index (Phi) is 6.59. The first-order valence-electron chi connectivity index (χ1n) is 9.50. The first kappa shape index (κ1) is 22.1. The maximum Gasteiger partial charge on any atom is 0.349 e. The lowest BCUT2D eigenvalue weighted by Crippen LogP contribution is -2.18. The average Bonchev–Trinajstić information content (AvgIpc) is 3.36. The second-order valence-corrected chi connectivity index (χ2v) is 8.64. The van der Waals surface area contributed by atoms with Gasteiger partial charge in [-0.3, -0.25) is 4.68 Å². The van der Waals surface area contributed by atoms with Crippen LogP contribution in [-0.2, 0) is 11.3 Å². The van der Waals surface area contributed by atoms with E-state index in [9.17, 15) is 4.79 Å². The van der Waals surface area contributed by atoms with Crippen LogP contribution in [0.1, 0.15) is 15.2 Å². The molecule has 10 heteroatoms. The van der Waals surface area contributed by atoms with Crippen molar-refractivity contribution in [1.82, 2.24) is 9.78 Å². The minimum atomic E-state index is -0.450. The smallest absolute Gasteiger partial charge is 0.349 e. The zero-order valence-corrected chi connectivity index (χ0v) is 19.6. The van der Waals surface area contributed by atoms with Crippen LogP contribution in [0.15, 0.2) is 54.9 Å². The van der Waals surface area contributed by atoms with Gasteiger partial charge in [-0.2, -0.15) is 5.10 Å². The molecule has 7 nitrogen and oxygen atoms in total. The van der Waals surface area contributed by atoms with Crippen LogP contribution in [0.5, 0.6) is 5.75 Å². The number of carbonyl (C=O) groups excluding carboxylic acids is 1. The van der Waals surface area contributed by atoms with Crippen molar-refractivity contribution in [2.24, 2.45) is 0 Å². The van der Waals surface area contributed by atoms with Gasteiger partial charge in [0.15, 0.2) is 5.11 Å². The number of anilines is 2. The highest BCUT2D eigenvalue weighted by Gasteiger charge is 2.17. The van der Waals surface area contributed by atoms with Gasteiger partial charge in [0.2, 0.25) is 0 Å². The Morgan fingerprint density at radius 1 is 1.19 bits per heavy atom. The molecule has 0 aliphatic rings. The highest BCUT2D eigenvalue weighted by atomic mass is 35.5. The number of aromatic nitrogens is 2. The van der Waals surface area contributed by atoms with Crippen LogP contribution in [0.4, 0.5) is 11.4 Å². The monoisotopic (exact) mass is 486 g/mol. The van der Waals surface area contributed by atoms with E-state index in [1.165, 1.54) is 18.4 Å². The molecule has 2 N–H and O–H groups in total. The van der Waals surface area contributed by atoms with E-state index in [0.29, 0.717) is 21.6 Å². The van der Waals surface area contributed by atoms with E-state index in [2.05, 4.69) is 15.7 Å². The van der Waals surface area contributed by atoms with Crippen LogP contribution in [-0.4, -0.2) is 35.1 Å². The van der Waals surface area contributed by atoms with Crippen LogP contribution in [0.2, 0.25) is 5.02 Å². The SMILES string of the molecule is COC(=O)c1sc2cc(NC(=S)Nc3cnn(Cc4cccc(OC)c4)c3)ccc2c1Cl. The molecule has 0 saturated carbocycles. The van der Waals surface area contributed by atoms with E-state index < -0.39 is 5.97 Å². The molecule has 0 bridgehead atoms. The normalized spacial score (nSPS) is 10.7. The molecule has 0 amide bonds. The van der Waals surface area contributed by atoms with Gasteiger partial charge in [-0.25, -0.2) is 4.79 Å². The van der Waals surface area contributed by atoms with Gasteiger partial charge in [-0.15, -0.1) is 11.3 Å². The van der Waals surface area contributed by atoms with E-state index in [0.717, 1.165) is 32.8 Å². The zero-order valence-electron chi connectivity index (χ0n) is 17.2. The predicted molar refractivity (Wildman–Crippen MR) is 132 cm³/mol. The maximum atomic E-state index is 11.9. The van der Waals surface area contributed by atoms with Crippen molar-refractivity contribution < 1.29 is 14.3 Å². The Balaban J connectivity index is 1.41. The molecule has 0 atom stereocenters. The third kappa shape index (κ3) is 4.85. The Hall–Kier alpha value is -3.14. The molecule has 0 saturated heterocycles. The minimum Gasteiger partial charge on any atom is -0.497 e. The van der Waals surface area contributed by atoms with Gasteiger partial charge < -0.3 is 20.1 Å². The van der Waals surface area contributed by atoms with Gasteiger partial charge in [0.1, 0.15) is 10.6 Å². The number of esters is 1. The topological polar surface area (TPSA) is 77.4 Å². The summed E-state index contributed by atoms with van der Waals surface area (Å²) in [6.07, 6.45) is 3.58. The molecule has 2 aromatic carbocycles. The van der Waals surface area contributed by atoms with Crippen molar-refractivity contribution in [3.63, 3.8) is 0 Å². The Morgan fingerprint density at radius 2 is 2.00 bits per heavy atom. The molecule has 0 aliphatic carbocycles. The fraction of sp³-hybridized carbons (Fsp3) is 0.136. The third-order valence-corrected chi connectivity index (χ3v) is 6.47. The van der Waals surface area contributed by atoms with Gasteiger partial charge in [-0.1, -0.05) is 23.7 Å². The molecule has 0 radical (unpaired) electrons. The summed E-state index contributed by atoms with van der Waals surface area (Å²) in [4.78, 5) is 12.2. The molecule has 0 aliphatic heterocycles. The Morgan fingerprint density at radius 3 is 2.78 bits per heavy atom. The summed E-state index contributed by atoms with van der Waals surface area (Å²) in [5.41, 5.74) is 2.61. The molecular weight excluding hydrogens is 468 g/mol. The number of methoxy groups -OCH3 is 2. The van der Waals surface area contributed by atoms with Gasteiger partial charge in [0.05, 0.1) is 37.7 Å². The molecule has 0 unspecified atom stereocenters. The summed E-state index contributed by atoms with van der Waals surface area (Å²) in [6, 6.07) is 13.4. The maximum absolute atomic E-state index is 11.9. The van der Waals surface area contributed by atoms with Crippen LogP contribution < -0.4 is 15.4 Å². The highest BCUT2D eigenvalue weighted by Crippen LogP contribution is 2.37. The quantitative estimate of drug-likeness (QED) is 0.279. The summed E-state index contributed by atoms with van der Waals surface area (Å²) in [6.45, 7) is 0.609. The molecule has 4 rings (SSSR count). The number of nitrogens with zero attached hydrogens (tertiary/aromatic N) is 2. The summed E-state index contributed by atoms with van der Waals surface area (Å²) in [5, 5.41) is 12.2. The molecule has 4 aromatic rings. The molecule has 0 fully saturated rings. The van der Waals surface area contributed by atoms with Crippen molar-refractivity contribution in [3.8, 4) is 5.75 Å². The lowest BCUT2D eigenvalue weighted by molar-refractivity contribution is 0.0606. The Labute approximate surface area is 198 Å². The summed E-state index contributed by atoms with van der Waals surface area (Å²) >= 11 is 13.0. The molecule has 164 valence electrons. The van der Waals surface area contributed by atoms with Crippen molar-refractivity contribution in [2.45, 2.75) is 6.54 Å². The minimum absolute atomic E-state index is 0.380. The highest BCUT2D eigenvalue weighted by molar-refractivity contribution is 7.80. The summed E-state index contributed by atoms with van der Waals surface area (Å²) in [7, 11) is 2.98. The standard InChI is InChI=1S/C22H19ClN4O3S2/c1-29-16-5-3-4-13(8-16)11-27-12-15(10-24-27)26-22(31)25-14-6-7-17-18(9-14)32-20(19(17)23)21(28)30-2/h3-10,12H,11H2,1-2H3,(H2,25,26,31). The van der Waals surface area contributed by atoms with Crippen molar-refractivity contribution in [1.29, 1.82) is 0 Å². The fourth-order valence-electron chi connectivity index (χ4n) is 3.13. The number of ether oxygens (including phenoxy) is 2. The zero-order chi connectivity index (χ0) is 22.7. The van der Waals surface area contributed by atoms with Crippen LogP contribution in [0.25, 0.3) is 10.1 Å². The number of benzene rings is 2. The largest absolute Gasteiger partial charge is 0.497 e. The van der Waals surface area contributed by atoms with Crippen molar-refractivity contribution in [2.75, 3.05) is 24.9 Å². The number of rotatable bonds is 6. The van der Waals surface area contributed by atoms with E-state index >= 15 is 0 Å². The number of carbonyl (C=O) groups is 1. The van der Waals surface area contributed by atoms with E-state index in [-0.39, 0.29) is 0 Å². The fourth-order valence-corrected chi connectivity index (χ4v) is 4.83. The number of halogens is 1. The molecule has 2 heterocycles. The number of hydrogen-bond acceptors (Lipinski definition) is 6. The van der Waals surface area contributed by atoms with E-state index in [4.69, 9.17) is 33.3 Å². The van der Waals surface area contributed by atoms with Gasteiger partial charge >= 0.3 is 5.97 Å². The number of hydrogen-bond donors (Lipinski definition) is 2. The van der Waals surface area contributed by atoms with Gasteiger partial charge in [0, 0.05) is 22.0 Å². The lowest BCUT2D eigenvalue weighted by Gasteiger charge is -2.09. The molecule has 32 heavy (non-hydrogen) atoms. The van der Waals surface area contributed by atoms with Crippen LogP contribution in [0.3, 0.4) is 0 Å². The van der Waals surface area contributed by atoms with Crippen LogP contribution in [0, 0.1) is 0 Å². The number of thiocarbonyl (C=S) groups is 1. The van der Waals surface area contributed by atoms with Gasteiger partial charge in [-0.05, 0) is 48.1 Å². The van der Waals surface area contributed by atoms with E-state index in [1.807, 2.05) is 53.3 Å². The third-order valence-electron chi connectivity index (χ3n) is 4.63. The summed E-state index contributed by atoms with van der Waals surface area (Å²) < 4.78 is 12.7. The second-order valence-electron chi connectivity index (χ2n) is 6.80. The number of thiophene rings is 1. The first-order valence-corrected chi connectivity index (χ1v) is 11.1. The molecular formula is C22H19ClN4O3S2. The van der Waals surface area contributed by atoms with Crippen molar-refractivity contribution in [3.05, 3.63) is 70.3 Å². The predicted octanol–water partition coefficient (Wildman–Crippen LogP) is 5.40. The number of fused-ring (bicyclic) bond motifs is 1. The number of nitrogens with one attached hydrogen (secondary N) is 2. The van der Waals surface area contributed by atoms with Gasteiger partial charge in [0.25, 0.3) is 0 Å². The van der Waals surface area contributed by atoms with Crippen LogP contribution >= 0.6 is 35.2 Å². The Bertz CT molecular complexity index is 1300. The molecule has 2 aromatic heterocycles. The van der Waals surface area contributed by atoms with Crippen molar-refractivity contribution >= 4 is 67.7 Å².